The third-order valence-corrected chi connectivity index (χ3v) is 3.92. The van der Waals surface area contributed by atoms with Crippen LogP contribution in [0.1, 0.15) is 30.6 Å². The van der Waals surface area contributed by atoms with E-state index in [0.29, 0.717) is 5.56 Å². The van der Waals surface area contributed by atoms with Crippen molar-refractivity contribution in [1.82, 2.24) is 0 Å². The molecular formula is C15H18N2O2. The average molecular weight is 258 g/mol. The van der Waals surface area contributed by atoms with E-state index in [1.165, 1.54) is 7.11 Å². The lowest BCUT2D eigenvalue weighted by atomic mass is 9.89. The molecular weight excluding hydrogens is 240 g/mol. The second-order valence-corrected chi connectivity index (χ2v) is 5.32. The fraction of sp³-hybridized carbons (Fsp3) is 0.467. The Morgan fingerprint density at radius 3 is 2.84 bits per heavy atom. The van der Waals surface area contributed by atoms with Gasteiger partial charge >= 0.3 is 5.97 Å². The van der Waals surface area contributed by atoms with E-state index in [-0.39, 0.29) is 17.4 Å². The maximum Gasteiger partial charge on any atom is 0.337 e. The number of rotatable bonds is 2. The van der Waals surface area contributed by atoms with Crippen LogP contribution in [-0.2, 0) is 4.74 Å². The van der Waals surface area contributed by atoms with Crippen molar-refractivity contribution in [3.8, 4) is 6.07 Å². The molecule has 1 aromatic carbocycles. The van der Waals surface area contributed by atoms with Gasteiger partial charge in [0.15, 0.2) is 0 Å². The molecule has 1 aliphatic heterocycles. The number of carbonyl (C=O) groups excluding carboxylic acids is 1. The Kier molecular flexibility index (Phi) is 3.48. The number of nitriles is 1. The van der Waals surface area contributed by atoms with Crippen molar-refractivity contribution in [2.45, 2.75) is 25.8 Å². The molecule has 0 bridgehead atoms. The second-order valence-electron chi connectivity index (χ2n) is 5.32. The zero-order valence-electron chi connectivity index (χ0n) is 11.5. The molecule has 1 aliphatic rings. The predicted octanol–water partition coefficient (Wildman–Crippen LogP) is 2.60. The first-order valence-corrected chi connectivity index (χ1v) is 6.36. The molecule has 1 aromatic rings. The maximum atomic E-state index is 11.6. The van der Waals surface area contributed by atoms with E-state index < -0.39 is 0 Å². The van der Waals surface area contributed by atoms with Gasteiger partial charge in [0.25, 0.3) is 0 Å². The minimum Gasteiger partial charge on any atom is -0.465 e. The molecule has 1 fully saturated rings. The van der Waals surface area contributed by atoms with Crippen LogP contribution in [0, 0.1) is 17.2 Å². The Morgan fingerprint density at radius 2 is 2.26 bits per heavy atom. The SMILES string of the molecule is COC(=O)c1cccc(N2CCC(C#N)C2(C)C)c1. The summed E-state index contributed by atoms with van der Waals surface area (Å²) in [4.78, 5) is 13.8. The van der Waals surface area contributed by atoms with Gasteiger partial charge in [-0.25, -0.2) is 4.79 Å². The van der Waals surface area contributed by atoms with Crippen molar-refractivity contribution in [2.75, 3.05) is 18.6 Å². The van der Waals surface area contributed by atoms with E-state index in [2.05, 4.69) is 24.8 Å². The van der Waals surface area contributed by atoms with E-state index in [0.717, 1.165) is 18.7 Å². The molecule has 0 saturated carbocycles. The lowest BCUT2D eigenvalue weighted by molar-refractivity contribution is 0.0600. The van der Waals surface area contributed by atoms with E-state index in [4.69, 9.17) is 4.74 Å². The highest BCUT2D eigenvalue weighted by Gasteiger charge is 2.41. The number of anilines is 1. The van der Waals surface area contributed by atoms with Crippen molar-refractivity contribution < 1.29 is 9.53 Å². The number of hydrogen-bond acceptors (Lipinski definition) is 4. The highest BCUT2D eigenvalue weighted by molar-refractivity contribution is 5.90. The highest BCUT2D eigenvalue weighted by atomic mass is 16.5. The standard InChI is InChI=1S/C15H18N2O2/c1-15(2)12(10-16)7-8-17(15)13-6-4-5-11(9-13)14(18)19-3/h4-6,9,12H,7-8H2,1-3H3. The first-order valence-electron chi connectivity index (χ1n) is 6.36. The van der Waals surface area contributed by atoms with Crippen LogP contribution >= 0.6 is 0 Å². The quantitative estimate of drug-likeness (QED) is 0.765. The molecule has 4 heteroatoms. The molecule has 19 heavy (non-hydrogen) atoms. The molecule has 1 unspecified atom stereocenters. The monoisotopic (exact) mass is 258 g/mol. The van der Waals surface area contributed by atoms with Gasteiger partial charge in [-0.15, -0.1) is 0 Å². The molecule has 0 radical (unpaired) electrons. The van der Waals surface area contributed by atoms with Crippen LogP contribution in [0.15, 0.2) is 24.3 Å². The third-order valence-electron chi connectivity index (χ3n) is 3.92. The molecule has 1 saturated heterocycles. The lowest BCUT2D eigenvalue weighted by Gasteiger charge is -2.35. The molecule has 0 aliphatic carbocycles. The van der Waals surface area contributed by atoms with Crippen molar-refractivity contribution in [1.29, 1.82) is 5.26 Å². The number of methoxy groups -OCH3 is 1. The number of carbonyl (C=O) groups is 1. The summed E-state index contributed by atoms with van der Waals surface area (Å²) >= 11 is 0. The van der Waals surface area contributed by atoms with Crippen LogP contribution < -0.4 is 4.90 Å². The van der Waals surface area contributed by atoms with Gasteiger partial charge in [-0.05, 0) is 38.5 Å². The number of ether oxygens (including phenoxy) is 1. The number of esters is 1. The summed E-state index contributed by atoms with van der Waals surface area (Å²) in [6, 6.07) is 9.74. The molecule has 0 amide bonds. The normalized spacial score (nSPS) is 20.9. The molecule has 4 nitrogen and oxygen atoms in total. The van der Waals surface area contributed by atoms with Gasteiger partial charge in [0, 0.05) is 12.2 Å². The summed E-state index contributed by atoms with van der Waals surface area (Å²) < 4.78 is 4.74. The Morgan fingerprint density at radius 1 is 1.53 bits per heavy atom. The van der Waals surface area contributed by atoms with Gasteiger partial charge < -0.3 is 9.64 Å². The van der Waals surface area contributed by atoms with Crippen LogP contribution in [0.25, 0.3) is 0 Å². The van der Waals surface area contributed by atoms with Gasteiger partial charge in [-0.3, -0.25) is 0 Å². The van der Waals surface area contributed by atoms with Crippen LogP contribution in [0.3, 0.4) is 0 Å². The minimum absolute atomic E-state index is 0.00860. The highest BCUT2D eigenvalue weighted by Crippen LogP contribution is 2.38. The summed E-state index contributed by atoms with van der Waals surface area (Å²) in [5.74, 6) is -0.329. The molecule has 0 N–H and O–H groups in total. The number of nitrogens with zero attached hydrogens (tertiary/aromatic N) is 2. The topological polar surface area (TPSA) is 53.3 Å². The fourth-order valence-electron chi connectivity index (χ4n) is 2.69. The van der Waals surface area contributed by atoms with Crippen LogP contribution in [-0.4, -0.2) is 25.2 Å². The molecule has 1 atom stereocenters. The van der Waals surface area contributed by atoms with E-state index >= 15 is 0 Å². The Hall–Kier alpha value is -2.02. The minimum atomic E-state index is -0.337. The summed E-state index contributed by atoms with van der Waals surface area (Å²) in [6.07, 6.45) is 0.853. The summed E-state index contributed by atoms with van der Waals surface area (Å²) in [5.41, 5.74) is 1.28. The first kappa shape index (κ1) is 13.4. The summed E-state index contributed by atoms with van der Waals surface area (Å²) in [5, 5.41) is 9.20. The van der Waals surface area contributed by atoms with Crippen molar-refractivity contribution in [3.05, 3.63) is 29.8 Å². The van der Waals surface area contributed by atoms with Gasteiger partial charge in [-0.1, -0.05) is 6.07 Å². The van der Waals surface area contributed by atoms with Gasteiger partial charge in [0.05, 0.1) is 30.2 Å². The number of benzene rings is 1. The van der Waals surface area contributed by atoms with Gasteiger partial charge in [-0.2, -0.15) is 5.26 Å². The van der Waals surface area contributed by atoms with Crippen molar-refractivity contribution >= 4 is 11.7 Å². The average Bonchev–Trinajstić information content (AvgIpc) is 2.72. The Labute approximate surface area is 113 Å². The van der Waals surface area contributed by atoms with Crippen molar-refractivity contribution in [3.63, 3.8) is 0 Å². The smallest absolute Gasteiger partial charge is 0.337 e. The molecule has 1 heterocycles. The second kappa shape index (κ2) is 4.93. The zero-order valence-corrected chi connectivity index (χ0v) is 11.5. The van der Waals surface area contributed by atoms with Gasteiger partial charge in [0.1, 0.15) is 0 Å². The van der Waals surface area contributed by atoms with E-state index in [9.17, 15) is 10.1 Å². The molecule has 100 valence electrons. The van der Waals surface area contributed by atoms with E-state index in [1.54, 1.807) is 6.07 Å². The van der Waals surface area contributed by atoms with E-state index in [1.807, 2.05) is 18.2 Å². The van der Waals surface area contributed by atoms with Crippen molar-refractivity contribution in [2.24, 2.45) is 5.92 Å². The predicted molar refractivity (Wildman–Crippen MR) is 72.9 cm³/mol. The Bertz CT molecular complexity index is 531. The van der Waals surface area contributed by atoms with Crippen LogP contribution in [0.4, 0.5) is 5.69 Å². The lowest BCUT2D eigenvalue weighted by Crippen LogP contribution is -2.42. The molecule has 0 spiro atoms. The largest absolute Gasteiger partial charge is 0.465 e. The summed E-state index contributed by atoms with van der Waals surface area (Å²) in [7, 11) is 1.38. The maximum absolute atomic E-state index is 11.6. The third kappa shape index (κ3) is 2.28. The number of hydrogen-bond donors (Lipinski definition) is 0. The molecule has 2 rings (SSSR count). The fourth-order valence-corrected chi connectivity index (χ4v) is 2.69. The molecule has 0 aromatic heterocycles. The van der Waals surface area contributed by atoms with Crippen LogP contribution in [0.5, 0.6) is 0 Å². The summed E-state index contributed by atoms with van der Waals surface area (Å²) in [6.45, 7) is 4.97. The van der Waals surface area contributed by atoms with Gasteiger partial charge in [0.2, 0.25) is 0 Å². The Balaban J connectivity index is 2.33. The zero-order chi connectivity index (χ0) is 14.0. The first-order chi connectivity index (χ1) is 9.00. The van der Waals surface area contributed by atoms with Crippen LogP contribution in [0.2, 0.25) is 0 Å².